The van der Waals surface area contributed by atoms with Crippen molar-refractivity contribution < 1.29 is 9.90 Å². The summed E-state index contributed by atoms with van der Waals surface area (Å²) in [5, 5.41) is 13.1. The first-order valence-corrected chi connectivity index (χ1v) is 7.79. The van der Waals surface area contributed by atoms with E-state index < -0.39 is 0 Å². The minimum atomic E-state index is 0.0560. The molecule has 4 heteroatoms. The summed E-state index contributed by atoms with van der Waals surface area (Å²) in [5.41, 5.74) is 1.40. The highest BCUT2D eigenvalue weighted by Crippen LogP contribution is 2.19. The van der Waals surface area contributed by atoms with Crippen molar-refractivity contribution >= 4 is 5.91 Å². The smallest absolute Gasteiger partial charge is 0.253 e. The van der Waals surface area contributed by atoms with Crippen LogP contribution in [0.1, 0.15) is 42.6 Å². The number of carbonyl (C=O) groups excluding carboxylic acids is 1. The molecule has 2 rings (SSSR count). The first kappa shape index (κ1) is 15.8. The van der Waals surface area contributed by atoms with Crippen LogP contribution < -0.4 is 5.32 Å². The average molecular weight is 290 g/mol. The molecular formula is C17H26N2O2. The molecule has 1 aliphatic rings. The van der Waals surface area contributed by atoms with Gasteiger partial charge in [0.1, 0.15) is 5.75 Å². The highest BCUT2D eigenvalue weighted by molar-refractivity contribution is 5.94. The van der Waals surface area contributed by atoms with Crippen molar-refractivity contribution in [2.24, 2.45) is 5.92 Å². The number of phenolic OH excluding ortho intramolecular Hbond substituents is 1. The molecule has 21 heavy (non-hydrogen) atoms. The summed E-state index contributed by atoms with van der Waals surface area (Å²) < 4.78 is 0. The van der Waals surface area contributed by atoms with E-state index >= 15 is 0 Å². The van der Waals surface area contributed by atoms with Crippen LogP contribution in [0.15, 0.2) is 18.2 Å². The fraction of sp³-hybridized carbons (Fsp3) is 0.588. The molecular weight excluding hydrogens is 264 g/mol. The highest BCUT2D eigenvalue weighted by Gasteiger charge is 2.23. The second-order valence-electron chi connectivity index (χ2n) is 6.40. The van der Waals surface area contributed by atoms with Gasteiger partial charge in [-0.1, -0.05) is 13.8 Å². The van der Waals surface area contributed by atoms with E-state index in [2.05, 4.69) is 19.2 Å². The summed E-state index contributed by atoms with van der Waals surface area (Å²) in [6, 6.07) is 5.49. The SMILES string of the molecule is Cc1cc(C(=O)N(CC(C)C)CC2CCCN2)ccc1O. The summed E-state index contributed by atoms with van der Waals surface area (Å²) in [7, 11) is 0. The number of benzene rings is 1. The summed E-state index contributed by atoms with van der Waals surface area (Å²) >= 11 is 0. The molecule has 0 aliphatic carbocycles. The van der Waals surface area contributed by atoms with Crippen molar-refractivity contribution in [3.8, 4) is 5.75 Å². The molecule has 1 heterocycles. The summed E-state index contributed by atoms with van der Waals surface area (Å²) in [6.45, 7) is 8.65. The molecule has 0 saturated carbocycles. The van der Waals surface area contributed by atoms with Gasteiger partial charge in [0.25, 0.3) is 5.91 Å². The summed E-state index contributed by atoms with van der Waals surface area (Å²) in [6.07, 6.45) is 2.32. The number of aryl methyl sites for hydroxylation is 1. The second-order valence-corrected chi connectivity index (χ2v) is 6.40. The Morgan fingerprint density at radius 2 is 2.24 bits per heavy atom. The summed E-state index contributed by atoms with van der Waals surface area (Å²) in [4.78, 5) is 14.7. The minimum absolute atomic E-state index is 0.0560. The molecule has 1 aromatic rings. The number of hydrogen-bond acceptors (Lipinski definition) is 3. The number of nitrogens with one attached hydrogen (secondary N) is 1. The molecule has 1 unspecified atom stereocenters. The lowest BCUT2D eigenvalue weighted by molar-refractivity contribution is 0.0721. The Kier molecular flexibility index (Phi) is 5.23. The van der Waals surface area contributed by atoms with E-state index in [1.54, 1.807) is 18.2 Å². The third-order valence-electron chi connectivity index (χ3n) is 3.92. The van der Waals surface area contributed by atoms with E-state index in [1.807, 2.05) is 11.8 Å². The fourth-order valence-corrected chi connectivity index (χ4v) is 2.83. The van der Waals surface area contributed by atoms with Crippen molar-refractivity contribution in [1.29, 1.82) is 0 Å². The number of amides is 1. The monoisotopic (exact) mass is 290 g/mol. The van der Waals surface area contributed by atoms with Gasteiger partial charge in [0.15, 0.2) is 0 Å². The topological polar surface area (TPSA) is 52.6 Å². The average Bonchev–Trinajstić information content (AvgIpc) is 2.93. The highest BCUT2D eigenvalue weighted by atomic mass is 16.3. The Hall–Kier alpha value is -1.55. The first-order valence-electron chi connectivity index (χ1n) is 7.79. The maximum Gasteiger partial charge on any atom is 0.253 e. The molecule has 1 atom stereocenters. The van der Waals surface area contributed by atoms with Crippen molar-refractivity contribution in [1.82, 2.24) is 10.2 Å². The molecule has 1 amide bonds. The fourth-order valence-electron chi connectivity index (χ4n) is 2.83. The first-order chi connectivity index (χ1) is 9.97. The van der Waals surface area contributed by atoms with Gasteiger partial charge in [-0.25, -0.2) is 0 Å². The Balaban J connectivity index is 2.13. The molecule has 0 bridgehead atoms. The summed E-state index contributed by atoms with van der Waals surface area (Å²) in [5.74, 6) is 0.730. The van der Waals surface area contributed by atoms with Crippen LogP contribution in [0.25, 0.3) is 0 Å². The van der Waals surface area contributed by atoms with Crippen molar-refractivity contribution in [3.63, 3.8) is 0 Å². The van der Waals surface area contributed by atoms with Crippen LogP contribution >= 0.6 is 0 Å². The third-order valence-corrected chi connectivity index (χ3v) is 3.92. The third kappa shape index (κ3) is 4.21. The molecule has 1 aromatic carbocycles. The van der Waals surface area contributed by atoms with E-state index in [0.29, 0.717) is 17.5 Å². The number of hydrogen-bond donors (Lipinski definition) is 2. The molecule has 0 aromatic heterocycles. The lowest BCUT2D eigenvalue weighted by Crippen LogP contribution is -2.42. The molecule has 1 aliphatic heterocycles. The molecule has 0 radical (unpaired) electrons. The van der Waals surface area contributed by atoms with Crippen molar-refractivity contribution in [2.75, 3.05) is 19.6 Å². The standard InChI is InChI=1S/C17H26N2O2/c1-12(2)10-19(11-15-5-4-8-18-15)17(21)14-6-7-16(20)13(3)9-14/h6-7,9,12,15,18,20H,4-5,8,10-11H2,1-3H3. The van der Waals surface area contributed by atoms with Crippen molar-refractivity contribution in [3.05, 3.63) is 29.3 Å². The molecule has 4 nitrogen and oxygen atoms in total. The van der Waals surface area contributed by atoms with Gasteiger partial charge in [0, 0.05) is 24.7 Å². The zero-order valence-electron chi connectivity index (χ0n) is 13.2. The maximum absolute atomic E-state index is 12.7. The van der Waals surface area contributed by atoms with Gasteiger partial charge in [0.05, 0.1) is 0 Å². The maximum atomic E-state index is 12.7. The molecule has 2 N–H and O–H groups in total. The van der Waals surface area contributed by atoms with E-state index in [0.717, 1.165) is 31.6 Å². The zero-order chi connectivity index (χ0) is 15.4. The number of nitrogens with zero attached hydrogens (tertiary/aromatic N) is 1. The van der Waals surface area contributed by atoms with Gasteiger partial charge in [0.2, 0.25) is 0 Å². The van der Waals surface area contributed by atoms with Gasteiger partial charge in [-0.15, -0.1) is 0 Å². The quantitative estimate of drug-likeness (QED) is 0.876. The molecule has 0 spiro atoms. The Bertz CT molecular complexity index is 494. The lowest BCUT2D eigenvalue weighted by Gasteiger charge is -2.28. The number of aromatic hydroxyl groups is 1. The van der Waals surface area contributed by atoms with Crippen LogP contribution in [0.4, 0.5) is 0 Å². The number of rotatable bonds is 5. The van der Waals surface area contributed by atoms with Crippen LogP contribution in [-0.4, -0.2) is 41.6 Å². The predicted octanol–water partition coefficient (Wildman–Crippen LogP) is 2.55. The van der Waals surface area contributed by atoms with Gasteiger partial charge >= 0.3 is 0 Å². The Morgan fingerprint density at radius 3 is 2.81 bits per heavy atom. The van der Waals surface area contributed by atoms with Crippen LogP contribution in [-0.2, 0) is 0 Å². The van der Waals surface area contributed by atoms with Crippen LogP contribution in [0.5, 0.6) is 5.75 Å². The van der Waals surface area contributed by atoms with Crippen LogP contribution in [0, 0.1) is 12.8 Å². The lowest BCUT2D eigenvalue weighted by atomic mass is 10.1. The van der Waals surface area contributed by atoms with Gasteiger partial charge in [-0.3, -0.25) is 4.79 Å². The number of phenols is 1. The zero-order valence-corrected chi connectivity index (χ0v) is 13.2. The van der Waals surface area contributed by atoms with Gasteiger partial charge in [-0.2, -0.15) is 0 Å². The molecule has 1 fully saturated rings. The normalized spacial score (nSPS) is 18.2. The second kappa shape index (κ2) is 6.94. The van der Waals surface area contributed by atoms with E-state index in [1.165, 1.54) is 6.42 Å². The Labute approximate surface area is 127 Å². The van der Waals surface area contributed by atoms with E-state index in [9.17, 15) is 9.90 Å². The molecule has 116 valence electrons. The van der Waals surface area contributed by atoms with Crippen LogP contribution in [0.2, 0.25) is 0 Å². The van der Waals surface area contributed by atoms with E-state index in [4.69, 9.17) is 0 Å². The van der Waals surface area contributed by atoms with Gasteiger partial charge in [-0.05, 0) is 56.0 Å². The van der Waals surface area contributed by atoms with E-state index in [-0.39, 0.29) is 11.7 Å². The predicted molar refractivity (Wildman–Crippen MR) is 84.6 cm³/mol. The van der Waals surface area contributed by atoms with Gasteiger partial charge < -0.3 is 15.3 Å². The Morgan fingerprint density at radius 1 is 1.48 bits per heavy atom. The largest absolute Gasteiger partial charge is 0.508 e. The number of carbonyl (C=O) groups is 1. The van der Waals surface area contributed by atoms with Crippen LogP contribution in [0.3, 0.4) is 0 Å². The molecule has 1 saturated heterocycles. The minimum Gasteiger partial charge on any atom is -0.508 e. The van der Waals surface area contributed by atoms with Crippen molar-refractivity contribution in [2.45, 2.75) is 39.7 Å².